The van der Waals surface area contributed by atoms with E-state index in [9.17, 15) is 9.59 Å². The molecule has 1 spiro atoms. The van der Waals surface area contributed by atoms with Gasteiger partial charge in [0.1, 0.15) is 0 Å². The molecular weight excluding hydrogens is 306 g/mol. The molecule has 2 amide bonds. The van der Waals surface area contributed by atoms with Crippen LogP contribution >= 0.6 is 0 Å². The van der Waals surface area contributed by atoms with E-state index >= 15 is 0 Å². The maximum Gasteiger partial charge on any atom is 0.407 e. The van der Waals surface area contributed by atoms with Crippen LogP contribution in [0.25, 0.3) is 0 Å². The molecule has 0 aromatic carbocycles. The lowest BCUT2D eigenvalue weighted by molar-refractivity contribution is -0.148. The van der Waals surface area contributed by atoms with E-state index in [0.717, 1.165) is 57.9 Å². The number of likely N-dealkylation sites (tertiary alicyclic amines) is 1. The minimum absolute atomic E-state index is 0.191. The monoisotopic (exact) mass is 335 g/mol. The Morgan fingerprint density at radius 1 is 0.875 bits per heavy atom. The molecule has 0 radical (unpaired) electrons. The van der Waals surface area contributed by atoms with Crippen molar-refractivity contribution in [2.24, 2.45) is 11.3 Å². The van der Waals surface area contributed by atoms with E-state index in [-0.39, 0.29) is 11.3 Å². The van der Waals surface area contributed by atoms with Gasteiger partial charge in [-0.15, -0.1) is 0 Å². The van der Waals surface area contributed by atoms with Crippen LogP contribution < -0.4 is 0 Å². The van der Waals surface area contributed by atoms with Crippen molar-refractivity contribution >= 4 is 12.0 Å². The van der Waals surface area contributed by atoms with E-state index in [4.69, 9.17) is 5.11 Å². The molecule has 4 fully saturated rings. The first-order chi connectivity index (χ1) is 11.6. The third-order valence-electron chi connectivity index (χ3n) is 7.02. The van der Waals surface area contributed by atoms with Gasteiger partial charge in [-0.25, -0.2) is 4.79 Å². The van der Waals surface area contributed by atoms with Crippen molar-refractivity contribution in [2.75, 3.05) is 39.3 Å². The van der Waals surface area contributed by atoms with Crippen molar-refractivity contribution in [2.45, 2.75) is 51.0 Å². The first-order valence-electron chi connectivity index (χ1n) is 9.57. The molecule has 0 aromatic heterocycles. The van der Waals surface area contributed by atoms with Crippen molar-refractivity contribution in [1.29, 1.82) is 0 Å². The number of nitrogens with zero attached hydrogens (tertiary/aromatic N) is 3. The molecule has 0 bridgehead atoms. The Kier molecular flexibility index (Phi) is 4.19. The molecule has 24 heavy (non-hydrogen) atoms. The van der Waals surface area contributed by atoms with E-state index in [1.165, 1.54) is 24.2 Å². The Hall–Kier alpha value is -1.30. The average Bonchev–Trinajstić information content (AvgIpc) is 2.51. The van der Waals surface area contributed by atoms with Crippen LogP contribution in [0.2, 0.25) is 0 Å². The highest BCUT2D eigenvalue weighted by atomic mass is 16.4. The number of piperidine rings is 1. The van der Waals surface area contributed by atoms with Gasteiger partial charge in [0.2, 0.25) is 5.91 Å². The summed E-state index contributed by atoms with van der Waals surface area (Å²) in [6.07, 6.45) is 7.05. The molecule has 2 aliphatic carbocycles. The van der Waals surface area contributed by atoms with E-state index in [1.54, 1.807) is 0 Å². The van der Waals surface area contributed by atoms with Gasteiger partial charge in [0.25, 0.3) is 0 Å². The molecule has 6 heteroatoms. The molecule has 2 saturated heterocycles. The summed E-state index contributed by atoms with van der Waals surface area (Å²) in [5.41, 5.74) is 0.250. The summed E-state index contributed by atoms with van der Waals surface area (Å²) in [7, 11) is 0. The minimum Gasteiger partial charge on any atom is -0.465 e. The number of carbonyl (C=O) groups excluding carboxylic acids is 1. The lowest BCUT2D eigenvalue weighted by atomic mass is 9.57. The van der Waals surface area contributed by atoms with Crippen molar-refractivity contribution < 1.29 is 14.7 Å². The zero-order valence-electron chi connectivity index (χ0n) is 14.5. The van der Waals surface area contributed by atoms with Crippen LogP contribution in [-0.4, -0.2) is 77.1 Å². The molecule has 134 valence electrons. The standard InChI is InChI=1S/C18H29N3O3/c22-16(20-10-8-19(9-11-20)15-2-1-3-15)14-12-18(13-14)4-6-21(7-5-18)17(23)24/h14-15H,1-13H2,(H,23,24). The molecule has 0 unspecified atom stereocenters. The van der Waals surface area contributed by atoms with Gasteiger partial charge < -0.3 is 14.9 Å². The SMILES string of the molecule is O=C(O)N1CCC2(CC1)CC(C(=O)N1CCN(C3CCC3)CC1)C2. The van der Waals surface area contributed by atoms with Crippen LogP contribution in [0, 0.1) is 11.3 Å². The highest BCUT2D eigenvalue weighted by molar-refractivity contribution is 5.80. The summed E-state index contributed by atoms with van der Waals surface area (Å²) in [5, 5.41) is 9.05. The Morgan fingerprint density at radius 2 is 1.50 bits per heavy atom. The second-order valence-corrected chi connectivity index (χ2v) is 8.32. The highest BCUT2D eigenvalue weighted by Crippen LogP contribution is 2.53. The van der Waals surface area contributed by atoms with Crippen molar-refractivity contribution in [1.82, 2.24) is 14.7 Å². The fourth-order valence-electron chi connectivity index (χ4n) is 5.06. The molecule has 0 atom stereocenters. The maximum absolute atomic E-state index is 12.7. The fraction of sp³-hybridized carbons (Fsp3) is 0.889. The lowest BCUT2D eigenvalue weighted by Gasteiger charge is -2.52. The molecule has 1 N–H and O–H groups in total. The van der Waals surface area contributed by atoms with Crippen molar-refractivity contribution in [3.05, 3.63) is 0 Å². The summed E-state index contributed by atoms with van der Waals surface area (Å²) in [5.74, 6) is 0.547. The zero-order chi connectivity index (χ0) is 16.7. The molecule has 2 saturated carbocycles. The van der Waals surface area contributed by atoms with Crippen LogP contribution in [0.1, 0.15) is 44.9 Å². The van der Waals surface area contributed by atoms with Gasteiger partial charge in [-0.3, -0.25) is 9.69 Å². The Bertz CT molecular complexity index is 496. The average molecular weight is 335 g/mol. The second kappa shape index (κ2) is 6.21. The smallest absolute Gasteiger partial charge is 0.407 e. The summed E-state index contributed by atoms with van der Waals surface area (Å²) < 4.78 is 0. The van der Waals surface area contributed by atoms with Gasteiger partial charge in [-0.2, -0.15) is 0 Å². The van der Waals surface area contributed by atoms with E-state index in [1.807, 2.05) is 0 Å². The van der Waals surface area contributed by atoms with Crippen molar-refractivity contribution in [3.8, 4) is 0 Å². The number of hydrogen-bond acceptors (Lipinski definition) is 3. The number of carbonyl (C=O) groups is 2. The van der Waals surface area contributed by atoms with Crippen LogP contribution in [-0.2, 0) is 4.79 Å². The van der Waals surface area contributed by atoms with Crippen LogP contribution in [0.15, 0.2) is 0 Å². The third kappa shape index (κ3) is 2.89. The van der Waals surface area contributed by atoms with Gasteiger partial charge >= 0.3 is 6.09 Å². The summed E-state index contributed by atoms with van der Waals surface area (Å²) in [6.45, 7) is 5.15. The molecule has 2 heterocycles. The number of amides is 2. The van der Waals surface area contributed by atoms with E-state index in [0.29, 0.717) is 19.0 Å². The van der Waals surface area contributed by atoms with Crippen LogP contribution in [0.3, 0.4) is 0 Å². The predicted molar refractivity (Wildman–Crippen MR) is 89.8 cm³/mol. The lowest BCUT2D eigenvalue weighted by Crippen LogP contribution is -2.57. The number of hydrogen-bond donors (Lipinski definition) is 1. The molecule has 0 aromatic rings. The predicted octanol–water partition coefficient (Wildman–Crippen LogP) is 1.85. The van der Waals surface area contributed by atoms with Crippen LogP contribution in [0.5, 0.6) is 0 Å². The van der Waals surface area contributed by atoms with E-state index in [2.05, 4.69) is 9.80 Å². The van der Waals surface area contributed by atoms with Gasteiger partial charge in [-0.05, 0) is 43.9 Å². The molecular formula is C18H29N3O3. The maximum atomic E-state index is 12.7. The summed E-state index contributed by atoms with van der Waals surface area (Å²) in [6, 6.07) is 0.786. The van der Waals surface area contributed by atoms with Gasteiger partial charge in [0.15, 0.2) is 0 Å². The van der Waals surface area contributed by atoms with Gasteiger partial charge in [-0.1, -0.05) is 6.42 Å². The molecule has 2 aliphatic heterocycles. The first-order valence-corrected chi connectivity index (χ1v) is 9.57. The number of carboxylic acid groups (broad SMARTS) is 1. The zero-order valence-corrected chi connectivity index (χ0v) is 14.5. The normalized spacial score (nSPS) is 28.5. The topological polar surface area (TPSA) is 64.1 Å². The first kappa shape index (κ1) is 16.2. The Balaban J connectivity index is 1.22. The Labute approximate surface area is 143 Å². The van der Waals surface area contributed by atoms with Gasteiger partial charge in [0, 0.05) is 51.2 Å². The largest absolute Gasteiger partial charge is 0.465 e. The fourth-order valence-corrected chi connectivity index (χ4v) is 5.06. The van der Waals surface area contributed by atoms with E-state index < -0.39 is 6.09 Å². The molecule has 4 aliphatic rings. The third-order valence-corrected chi connectivity index (χ3v) is 7.02. The highest BCUT2D eigenvalue weighted by Gasteiger charge is 2.50. The molecule has 4 rings (SSSR count). The summed E-state index contributed by atoms with van der Waals surface area (Å²) in [4.78, 5) is 29.9. The second-order valence-electron chi connectivity index (χ2n) is 8.32. The van der Waals surface area contributed by atoms with Crippen molar-refractivity contribution in [3.63, 3.8) is 0 Å². The number of rotatable bonds is 2. The molecule has 6 nitrogen and oxygen atoms in total. The minimum atomic E-state index is -0.805. The van der Waals surface area contributed by atoms with Gasteiger partial charge in [0.05, 0.1) is 0 Å². The number of piperazine rings is 1. The summed E-state index contributed by atoms with van der Waals surface area (Å²) >= 11 is 0. The van der Waals surface area contributed by atoms with Crippen LogP contribution in [0.4, 0.5) is 4.79 Å². The Morgan fingerprint density at radius 3 is 2.00 bits per heavy atom. The quantitative estimate of drug-likeness (QED) is 0.836.